The van der Waals surface area contributed by atoms with Gasteiger partial charge < -0.3 is 0 Å². The van der Waals surface area contributed by atoms with E-state index in [4.69, 9.17) is 4.74 Å². The molecule has 15 heavy (non-hydrogen) atoms. The number of amides is 1. The summed E-state index contributed by atoms with van der Waals surface area (Å²) in [6, 6.07) is 0. The van der Waals surface area contributed by atoms with Gasteiger partial charge in [-0.05, 0) is 0 Å². The Morgan fingerprint density at radius 1 is 1.40 bits per heavy atom. The van der Waals surface area contributed by atoms with Crippen LogP contribution in [0.4, 0.5) is 17.7 Å². The maximum absolute atomic E-state index is 10.9. The van der Waals surface area contributed by atoms with Crippen molar-refractivity contribution in [2.45, 2.75) is 26.9 Å². The number of nitrogens with one attached hydrogen (secondary N) is 1. The second-order valence-electron chi connectivity index (χ2n) is 3.68. The summed E-state index contributed by atoms with van der Waals surface area (Å²) in [7, 11) is -3.67. The second-order valence-corrected chi connectivity index (χ2v) is 5.24. The summed E-state index contributed by atoms with van der Waals surface area (Å²) < 4.78 is 35.1. The summed E-state index contributed by atoms with van der Waals surface area (Å²) >= 11 is 0.808. The summed E-state index contributed by atoms with van der Waals surface area (Å²) in [5.41, 5.74) is -0.376. The molecule has 0 aromatic rings. The molecule has 0 aliphatic rings. The quantitative estimate of drug-likeness (QED) is 0.762. The molecule has 0 rings (SSSR count). The molecule has 0 saturated heterocycles. The molecular formula is C7H14BF3KNO2. The minimum Gasteiger partial charge on any atom is -0.254 e. The number of hydrogen-bond donors (Lipinski definition) is 1. The van der Waals surface area contributed by atoms with E-state index in [1.165, 1.54) is 0 Å². The van der Waals surface area contributed by atoms with E-state index < -0.39 is 7.54 Å². The average molecular weight is 251 g/mol. The largest absolute Gasteiger partial charge is 0.762 e. The first kappa shape index (κ1) is 18.1. The van der Waals surface area contributed by atoms with E-state index in [9.17, 15) is 17.7 Å². The van der Waals surface area contributed by atoms with Crippen molar-refractivity contribution in [2.75, 3.05) is 6.54 Å². The predicted octanol–water partition coefficient (Wildman–Crippen LogP) is 1.98. The molecule has 0 fully saturated rings. The Morgan fingerprint density at radius 3 is 2.07 bits per heavy atom. The summed E-state index contributed by atoms with van der Waals surface area (Å²) in [5, 5.41) is 2.67. The van der Waals surface area contributed by atoms with Gasteiger partial charge in [0.15, 0.2) is 0 Å². The molecule has 0 radical (unpaired) electrons. The van der Waals surface area contributed by atoms with Crippen molar-refractivity contribution in [3.63, 3.8) is 0 Å². The van der Waals surface area contributed by atoms with Crippen LogP contribution in [0, 0.1) is 0 Å². The number of halogens is 3. The number of hydrogen-bond acceptors (Lipinski definition) is 2. The van der Waals surface area contributed by atoms with Gasteiger partial charge >= 0.3 is 111 Å². The van der Waals surface area contributed by atoms with Crippen LogP contribution < -0.4 is 5.32 Å². The van der Waals surface area contributed by atoms with Crippen molar-refractivity contribution < 1.29 is 22.5 Å². The van der Waals surface area contributed by atoms with E-state index in [1.807, 2.05) is 20.8 Å². The second kappa shape index (κ2) is 9.95. The van der Waals surface area contributed by atoms with Gasteiger partial charge in [-0.1, -0.05) is 0 Å². The molecule has 0 spiro atoms. The first-order valence-electron chi connectivity index (χ1n) is 4.58. The minimum absolute atomic E-state index is 0.304. The smallest absolute Gasteiger partial charge is 0.254 e. The molecule has 3 nitrogen and oxygen atoms in total. The summed E-state index contributed by atoms with van der Waals surface area (Å²) in [6.45, 7) is 6.33. The third-order valence-electron chi connectivity index (χ3n) is 0.918. The number of ether oxygens (including phenoxy) is 1. The van der Waals surface area contributed by atoms with Crippen LogP contribution in [-0.2, 0) is 4.74 Å². The molecular weight excluding hydrogens is 237 g/mol. The van der Waals surface area contributed by atoms with Crippen LogP contribution in [0.5, 0.6) is 0 Å². The Morgan fingerprint density at radius 2 is 1.80 bits per heavy atom. The van der Waals surface area contributed by atoms with Gasteiger partial charge in [-0.3, -0.25) is 12.9 Å². The molecule has 0 heterocycles. The number of alkyl carbamates (subject to hydrolysis) is 1. The van der Waals surface area contributed by atoms with Crippen molar-refractivity contribution in [1.82, 2.24) is 5.32 Å². The van der Waals surface area contributed by atoms with E-state index in [2.05, 4.69) is 5.32 Å². The van der Waals surface area contributed by atoms with Gasteiger partial charge in [-0.15, -0.1) is 0 Å². The summed E-state index contributed by atoms with van der Waals surface area (Å²) in [6.07, 6.45) is -0.304. The Bertz CT molecular complexity index is 175. The summed E-state index contributed by atoms with van der Waals surface area (Å²) in [5.74, 6) is 0. The van der Waals surface area contributed by atoms with Crippen LogP contribution >= 0.6 is 0 Å². The molecule has 0 saturated carbocycles. The van der Waals surface area contributed by atoms with Gasteiger partial charge in [0, 0.05) is 0 Å². The first-order chi connectivity index (χ1) is 6.69. The van der Waals surface area contributed by atoms with Gasteiger partial charge in [0.2, 0.25) is 0 Å². The van der Waals surface area contributed by atoms with E-state index in [-0.39, 0.29) is 11.7 Å². The molecule has 0 unspecified atom stereocenters. The van der Waals surface area contributed by atoms with E-state index in [1.54, 1.807) is 0 Å². The fraction of sp³-hybridized carbons (Fsp3) is 0.857. The molecule has 1 amide bonds. The maximum atomic E-state index is 10.9. The van der Waals surface area contributed by atoms with Crippen LogP contribution in [0.2, 0.25) is 0.515 Å². The van der Waals surface area contributed by atoms with Crippen molar-refractivity contribution >= 4 is 62.6 Å². The fourth-order valence-electron chi connectivity index (χ4n) is 0.541. The number of rotatable bonds is 2. The van der Waals surface area contributed by atoms with Crippen LogP contribution in [0.3, 0.4) is 0 Å². The molecule has 0 aromatic heterocycles. The SMILES string of the molecule is CC(C)(C)OC(=O)NC[CH2][K].FB(F)F. The summed E-state index contributed by atoms with van der Waals surface area (Å²) in [4.78, 5) is 10.9. The molecule has 0 bridgehead atoms. The van der Waals surface area contributed by atoms with E-state index in [0.29, 0.717) is 0 Å². The van der Waals surface area contributed by atoms with Crippen LogP contribution in [-0.4, -0.2) is 74.7 Å². The monoisotopic (exact) mass is 251 g/mol. The molecule has 0 aliphatic heterocycles. The van der Waals surface area contributed by atoms with Crippen molar-refractivity contribution in [1.29, 1.82) is 0 Å². The Labute approximate surface area is 122 Å². The van der Waals surface area contributed by atoms with Crippen molar-refractivity contribution in [3.8, 4) is 0 Å². The van der Waals surface area contributed by atoms with Gasteiger partial charge in [0.1, 0.15) is 0 Å². The zero-order valence-electron chi connectivity index (χ0n) is 9.44. The van der Waals surface area contributed by atoms with Crippen LogP contribution in [0.15, 0.2) is 0 Å². The number of carbonyl (C=O) groups excluding carboxylic acids is 1. The molecule has 84 valence electrons. The van der Waals surface area contributed by atoms with Gasteiger partial charge in [-0.2, -0.15) is 0 Å². The van der Waals surface area contributed by atoms with Gasteiger partial charge in [0.05, 0.1) is 0 Å². The standard InChI is InChI=1S/C7H14NO2.BF3.K/c1-5-8-6(9)10-7(2,3)4;2-1(3)4;/h1,5H2,2-4H3,(H,8,9);;. The predicted molar refractivity (Wildman–Crippen MR) is 53.9 cm³/mol. The minimum atomic E-state index is -3.67. The van der Waals surface area contributed by atoms with Gasteiger partial charge in [-0.25, -0.2) is 0 Å². The Hall–Kier alpha value is 0.761. The molecule has 0 atom stereocenters. The van der Waals surface area contributed by atoms with Crippen molar-refractivity contribution in [2.24, 2.45) is 0 Å². The average Bonchev–Trinajstić information content (AvgIpc) is 1.96. The van der Waals surface area contributed by atoms with E-state index in [0.717, 1.165) is 56.0 Å². The zero-order chi connectivity index (χ0) is 12.5. The molecule has 8 heteroatoms. The zero-order valence-corrected chi connectivity index (χ0v) is 12.6. The third kappa shape index (κ3) is 25.2. The first-order valence-corrected chi connectivity index (χ1v) is 6.79. The molecule has 1 N–H and O–H groups in total. The molecule has 0 aliphatic carbocycles. The van der Waals surface area contributed by atoms with Crippen LogP contribution in [0.25, 0.3) is 0 Å². The van der Waals surface area contributed by atoms with Crippen LogP contribution in [0.1, 0.15) is 20.8 Å². The Balaban J connectivity index is 0. The normalized spacial score (nSPS) is 9.87. The fourth-order valence-corrected chi connectivity index (χ4v) is 0.932. The van der Waals surface area contributed by atoms with E-state index >= 15 is 0 Å². The molecule has 0 aromatic carbocycles. The van der Waals surface area contributed by atoms with Crippen molar-refractivity contribution in [3.05, 3.63) is 0 Å². The van der Waals surface area contributed by atoms with Gasteiger partial charge in [0.25, 0.3) is 0 Å². The Kier molecular flexibility index (Phi) is 12.0. The topological polar surface area (TPSA) is 38.3 Å². The third-order valence-corrected chi connectivity index (χ3v) is 1.70. The number of carbonyl (C=O) groups is 1. The maximum Gasteiger partial charge on any atom is 0.762 e.